The van der Waals surface area contributed by atoms with Gasteiger partial charge in [-0.25, -0.2) is 4.68 Å². The maximum Gasteiger partial charge on any atom is 0.226 e. The molecule has 4 rings (SSSR count). The molecule has 1 aliphatic rings. The number of aromatic nitrogens is 2. The lowest BCUT2D eigenvalue weighted by Crippen LogP contribution is -2.28. The second-order valence-corrected chi connectivity index (χ2v) is 7.75. The number of fused-ring (bicyclic) bond motifs is 1. The number of nitrogens with zero attached hydrogens (tertiary/aromatic N) is 2. The Morgan fingerprint density at radius 2 is 1.93 bits per heavy atom. The van der Waals surface area contributed by atoms with Gasteiger partial charge < -0.3 is 5.32 Å². The third-order valence-electron chi connectivity index (χ3n) is 5.77. The highest BCUT2D eigenvalue weighted by Gasteiger charge is 2.36. The molecule has 1 amide bonds. The maximum absolute atomic E-state index is 13.4. The molecule has 0 aliphatic carbocycles. The normalized spacial score (nSPS) is 15.7. The van der Waals surface area contributed by atoms with E-state index in [1.165, 1.54) is 5.56 Å². The Hall–Kier alpha value is -3.21. The molecule has 0 saturated carbocycles. The Bertz CT molecular complexity index is 1130. The number of hydrogen-bond acceptors (Lipinski definition) is 3. The van der Waals surface area contributed by atoms with Crippen LogP contribution in [0.5, 0.6) is 0 Å². The summed E-state index contributed by atoms with van der Waals surface area (Å²) in [6.45, 7) is 8.02. The standard InChI is InChI=1S/C24H25N3O2/c1-5-17-7-6-8-19(12-17)27-24-22(16(4)26-27)20(13-21(28)25-24)23(29)18-10-9-14(2)15(3)11-18/h6-12,20H,5,13H2,1-4H3,(H,25,28)/t20-/m1/s1. The number of benzene rings is 2. The molecule has 0 bridgehead atoms. The molecule has 1 aromatic heterocycles. The molecule has 0 saturated heterocycles. The Morgan fingerprint density at radius 3 is 2.66 bits per heavy atom. The van der Waals surface area contributed by atoms with Gasteiger partial charge in [0.15, 0.2) is 5.78 Å². The number of rotatable bonds is 4. The molecule has 0 fully saturated rings. The molecular weight excluding hydrogens is 362 g/mol. The average Bonchev–Trinajstić information content (AvgIpc) is 3.05. The number of hydrogen-bond donors (Lipinski definition) is 1. The van der Waals surface area contributed by atoms with E-state index in [2.05, 4.69) is 29.5 Å². The van der Waals surface area contributed by atoms with Crippen LogP contribution in [0.3, 0.4) is 0 Å². The summed E-state index contributed by atoms with van der Waals surface area (Å²) < 4.78 is 1.75. The van der Waals surface area contributed by atoms with Crippen molar-refractivity contribution in [1.82, 2.24) is 9.78 Å². The Labute approximate surface area is 170 Å². The van der Waals surface area contributed by atoms with Crippen LogP contribution in [0.15, 0.2) is 42.5 Å². The van der Waals surface area contributed by atoms with Crippen LogP contribution in [-0.4, -0.2) is 21.5 Å². The first-order valence-electron chi connectivity index (χ1n) is 9.99. The van der Waals surface area contributed by atoms with E-state index < -0.39 is 5.92 Å². The van der Waals surface area contributed by atoms with Crippen LogP contribution in [-0.2, 0) is 11.2 Å². The van der Waals surface area contributed by atoms with Crippen molar-refractivity contribution in [3.05, 3.63) is 76.0 Å². The monoisotopic (exact) mass is 387 g/mol. The maximum atomic E-state index is 13.4. The second kappa shape index (κ2) is 7.32. The first-order chi connectivity index (χ1) is 13.9. The Balaban J connectivity index is 1.81. The van der Waals surface area contributed by atoms with Gasteiger partial charge in [-0.3, -0.25) is 9.59 Å². The van der Waals surface area contributed by atoms with Crippen LogP contribution >= 0.6 is 0 Å². The molecule has 0 unspecified atom stereocenters. The molecule has 3 aromatic rings. The van der Waals surface area contributed by atoms with E-state index in [1.54, 1.807) is 4.68 Å². The van der Waals surface area contributed by atoms with Crippen LogP contribution in [0, 0.1) is 20.8 Å². The lowest BCUT2D eigenvalue weighted by molar-refractivity contribution is -0.116. The van der Waals surface area contributed by atoms with Gasteiger partial charge in [-0.15, -0.1) is 0 Å². The van der Waals surface area contributed by atoms with Crippen molar-refractivity contribution in [3.8, 4) is 5.69 Å². The number of anilines is 1. The molecule has 1 atom stereocenters. The molecule has 2 aromatic carbocycles. The SMILES string of the molecule is CCc1cccc(-n2nc(C)c3c2NC(=O)C[C@H]3C(=O)c2ccc(C)c(C)c2)c1. The third-order valence-corrected chi connectivity index (χ3v) is 5.77. The molecule has 5 nitrogen and oxygen atoms in total. The first kappa shape index (κ1) is 19.1. The number of ketones is 1. The highest BCUT2D eigenvalue weighted by molar-refractivity contribution is 6.08. The van der Waals surface area contributed by atoms with Gasteiger partial charge in [-0.2, -0.15) is 5.10 Å². The number of Topliss-reactive ketones (excluding diaryl/α,β-unsaturated/α-hetero) is 1. The fourth-order valence-corrected chi connectivity index (χ4v) is 3.96. The van der Waals surface area contributed by atoms with Crippen molar-refractivity contribution in [2.75, 3.05) is 5.32 Å². The van der Waals surface area contributed by atoms with Gasteiger partial charge >= 0.3 is 0 Å². The van der Waals surface area contributed by atoms with Gasteiger partial charge in [0.25, 0.3) is 0 Å². The lowest BCUT2D eigenvalue weighted by atomic mass is 9.85. The lowest BCUT2D eigenvalue weighted by Gasteiger charge is -2.23. The summed E-state index contributed by atoms with van der Waals surface area (Å²) in [6.07, 6.45) is 1.05. The molecule has 0 spiro atoms. The van der Waals surface area contributed by atoms with Gasteiger partial charge in [0.1, 0.15) is 5.82 Å². The topological polar surface area (TPSA) is 64.0 Å². The van der Waals surface area contributed by atoms with Crippen molar-refractivity contribution in [2.45, 2.75) is 46.5 Å². The summed E-state index contributed by atoms with van der Waals surface area (Å²) in [4.78, 5) is 25.9. The second-order valence-electron chi connectivity index (χ2n) is 7.75. The fourth-order valence-electron chi connectivity index (χ4n) is 3.96. The molecule has 1 aliphatic heterocycles. The summed E-state index contributed by atoms with van der Waals surface area (Å²) in [5.41, 5.74) is 6.50. The molecule has 0 radical (unpaired) electrons. The van der Waals surface area contributed by atoms with Gasteiger partial charge in [0, 0.05) is 17.5 Å². The third kappa shape index (κ3) is 3.37. The predicted octanol–water partition coefficient (Wildman–Crippen LogP) is 4.67. The summed E-state index contributed by atoms with van der Waals surface area (Å²) in [5, 5.41) is 7.63. The summed E-state index contributed by atoms with van der Waals surface area (Å²) in [7, 11) is 0. The van der Waals surface area contributed by atoms with Crippen molar-refractivity contribution in [2.24, 2.45) is 0 Å². The van der Waals surface area contributed by atoms with Crippen molar-refractivity contribution in [1.29, 1.82) is 0 Å². The molecule has 2 heterocycles. The van der Waals surface area contributed by atoms with Gasteiger partial charge in [-0.1, -0.05) is 31.2 Å². The largest absolute Gasteiger partial charge is 0.310 e. The van der Waals surface area contributed by atoms with E-state index in [0.717, 1.165) is 34.5 Å². The van der Waals surface area contributed by atoms with E-state index in [0.29, 0.717) is 11.4 Å². The van der Waals surface area contributed by atoms with Gasteiger partial charge in [-0.05, 0) is 62.1 Å². The van der Waals surface area contributed by atoms with E-state index >= 15 is 0 Å². The summed E-state index contributed by atoms with van der Waals surface area (Å²) in [5.74, 6) is -0.111. The zero-order valence-electron chi connectivity index (χ0n) is 17.2. The average molecular weight is 387 g/mol. The predicted molar refractivity (Wildman–Crippen MR) is 114 cm³/mol. The minimum absolute atomic E-state index is 0.0332. The Kier molecular flexibility index (Phi) is 4.82. The molecule has 29 heavy (non-hydrogen) atoms. The van der Waals surface area contributed by atoms with Crippen LogP contribution in [0.4, 0.5) is 5.82 Å². The van der Waals surface area contributed by atoms with Crippen LogP contribution < -0.4 is 5.32 Å². The fraction of sp³-hybridized carbons (Fsp3) is 0.292. The van der Waals surface area contributed by atoms with Crippen LogP contribution in [0.2, 0.25) is 0 Å². The number of amides is 1. The number of aryl methyl sites for hydroxylation is 4. The van der Waals surface area contributed by atoms with Crippen molar-refractivity contribution < 1.29 is 9.59 Å². The van der Waals surface area contributed by atoms with Gasteiger partial charge in [0.05, 0.1) is 17.3 Å². The highest BCUT2D eigenvalue weighted by atomic mass is 16.2. The molecule has 5 heteroatoms. The molecule has 148 valence electrons. The van der Waals surface area contributed by atoms with Crippen LogP contribution in [0.25, 0.3) is 5.69 Å². The molecule has 1 N–H and O–H groups in total. The number of nitrogens with one attached hydrogen (secondary N) is 1. The summed E-state index contributed by atoms with van der Waals surface area (Å²) in [6, 6.07) is 13.8. The number of carbonyl (C=O) groups is 2. The highest BCUT2D eigenvalue weighted by Crippen LogP contribution is 2.38. The van der Waals surface area contributed by atoms with E-state index in [9.17, 15) is 9.59 Å². The smallest absolute Gasteiger partial charge is 0.226 e. The van der Waals surface area contributed by atoms with Crippen molar-refractivity contribution in [3.63, 3.8) is 0 Å². The zero-order valence-corrected chi connectivity index (χ0v) is 17.2. The quantitative estimate of drug-likeness (QED) is 0.662. The van der Waals surface area contributed by atoms with E-state index in [-0.39, 0.29) is 18.1 Å². The minimum Gasteiger partial charge on any atom is -0.310 e. The number of carbonyl (C=O) groups excluding carboxylic acids is 2. The van der Waals surface area contributed by atoms with E-state index in [4.69, 9.17) is 0 Å². The van der Waals surface area contributed by atoms with Crippen molar-refractivity contribution >= 4 is 17.5 Å². The summed E-state index contributed by atoms with van der Waals surface area (Å²) >= 11 is 0. The minimum atomic E-state index is -0.524. The van der Waals surface area contributed by atoms with Crippen LogP contribution in [0.1, 0.15) is 57.6 Å². The zero-order chi connectivity index (χ0) is 20.7. The first-order valence-corrected chi connectivity index (χ1v) is 9.99. The van der Waals surface area contributed by atoms with E-state index in [1.807, 2.05) is 51.1 Å². The molecular formula is C24H25N3O2. The van der Waals surface area contributed by atoms with Gasteiger partial charge in [0.2, 0.25) is 5.91 Å². The Morgan fingerprint density at radius 1 is 1.14 bits per heavy atom.